The molecule has 3 amide bonds. The van der Waals surface area contributed by atoms with Gasteiger partial charge >= 0.3 is 0 Å². The molecule has 1 aliphatic heterocycles. The first-order valence-corrected chi connectivity index (χ1v) is 10.2. The summed E-state index contributed by atoms with van der Waals surface area (Å²) in [6.45, 7) is 0. The Labute approximate surface area is 162 Å². The number of halogens is 4. The quantitative estimate of drug-likeness (QED) is 0.453. The average molecular weight is 418 g/mol. The van der Waals surface area contributed by atoms with Crippen molar-refractivity contribution in [3.63, 3.8) is 0 Å². The molecule has 1 saturated carbocycles. The van der Waals surface area contributed by atoms with Gasteiger partial charge in [0.2, 0.25) is 17.7 Å². The minimum atomic E-state index is -1.76. The van der Waals surface area contributed by atoms with E-state index < -0.39 is 64.6 Å². The molecule has 0 radical (unpaired) electrons. The monoisotopic (exact) mass is 418 g/mol. The lowest BCUT2D eigenvalue weighted by Crippen LogP contribution is -2.49. The summed E-state index contributed by atoms with van der Waals surface area (Å²) in [5, 5.41) is 1.82. The van der Waals surface area contributed by atoms with Crippen molar-refractivity contribution in [2.45, 2.75) is 31.7 Å². The number of carbonyl (C=O) groups excluding carboxylic acids is 3. The van der Waals surface area contributed by atoms with Crippen LogP contribution >= 0.6 is 11.8 Å². The summed E-state index contributed by atoms with van der Waals surface area (Å²) in [6, 6.07) is -1.32. The number of amides is 3. The molecule has 0 aromatic heterocycles. The number of nitrogens with zero attached hydrogens (tertiary/aromatic N) is 1. The molecule has 2 aliphatic rings. The van der Waals surface area contributed by atoms with Gasteiger partial charge in [-0.3, -0.25) is 19.3 Å². The maximum absolute atomic E-state index is 13.9. The number of carbonyl (C=O) groups is 3. The maximum atomic E-state index is 13.9. The van der Waals surface area contributed by atoms with E-state index >= 15 is 0 Å². The summed E-state index contributed by atoms with van der Waals surface area (Å²) in [7, 11) is 0. The topological polar surface area (TPSA) is 66.5 Å². The Morgan fingerprint density at radius 3 is 2.07 bits per heavy atom. The Kier molecular flexibility index (Phi) is 5.97. The fourth-order valence-electron chi connectivity index (χ4n) is 3.81. The number of anilines is 1. The van der Waals surface area contributed by atoms with Crippen LogP contribution in [0.15, 0.2) is 6.07 Å². The summed E-state index contributed by atoms with van der Waals surface area (Å²) in [5.74, 6) is -9.96. The van der Waals surface area contributed by atoms with Crippen LogP contribution in [0.1, 0.15) is 25.7 Å². The molecule has 1 heterocycles. The third-order valence-electron chi connectivity index (χ3n) is 5.17. The zero-order chi connectivity index (χ0) is 20.6. The average Bonchev–Trinajstić information content (AvgIpc) is 2.92. The van der Waals surface area contributed by atoms with E-state index in [1.54, 1.807) is 6.26 Å². The summed E-state index contributed by atoms with van der Waals surface area (Å²) >= 11 is 1.14. The molecule has 0 spiro atoms. The van der Waals surface area contributed by atoms with Gasteiger partial charge < -0.3 is 5.32 Å². The highest BCUT2D eigenvalue weighted by Gasteiger charge is 2.51. The minimum Gasteiger partial charge on any atom is -0.319 e. The molecule has 2 fully saturated rings. The Morgan fingerprint density at radius 2 is 1.61 bits per heavy atom. The van der Waals surface area contributed by atoms with Crippen LogP contribution in [0.5, 0.6) is 0 Å². The summed E-state index contributed by atoms with van der Waals surface area (Å²) in [4.78, 5) is 38.9. The van der Waals surface area contributed by atoms with Crippen molar-refractivity contribution >= 4 is 35.2 Å². The summed E-state index contributed by atoms with van der Waals surface area (Å²) in [5.41, 5.74) is -1.29. The minimum absolute atomic E-state index is 0.0240. The molecule has 1 aromatic carbocycles. The predicted molar refractivity (Wildman–Crippen MR) is 94.4 cm³/mol. The zero-order valence-corrected chi connectivity index (χ0v) is 15.8. The molecule has 1 aliphatic carbocycles. The Balaban J connectivity index is 1.90. The first-order valence-electron chi connectivity index (χ1n) is 8.77. The Bertz CT molecular complexity index is 785. The van der Waals surface area contributed by atoms with E-state index in [1.165, 1.54) is 0 Å². The highest BCUT2D eigenvalue weighted by molar-refractivity contribution is 7.98. The van der Waals surface area contributed by atoms with Gasteiger partial charge in [0.05, 0.1) is 11.8 Å². The lowest BCUT2D eigenvalue weighted by molar-refractivity contribution is -0.145. The standard InChI is InChI=1S/C18H18F4N2O3S/c1-28-7-12(24-17(26)8-4-2-3-5-9(8)18(24)27)16(25)23-15-13(21)10(19)6-11(20)14(15)22/h6,8-9,12H,2-5,7H2,1H3,(H,23,25)/t8-,9-,12-/m1/s1. The van der Waals surface area contributed by atoms with Gasteiger partial charge in [-0.15, -0.1) is 0 Å². The van der Waals surface area contributed by atoms with Crippen LogP contribution in [0.4, 0.5) is 23.2 Å². The number of hydrogen-bond donors (Lipinski definition) is 1. The van der Waals surface area contributed by atoms with Crippen molar-refractivity contribution in [2.24, 2.45) is 11.8 Å². The van der Waals surface area contributed by atoms with Crippen molar-refractivity contribution in [2.75, 3.05) is 17.3 Å². The van der Waals surface area contributed by atoms with Gasteiger partial charge in [0.25, 0.3) is 0 Å². The van der Waals surface area contributed by atoms with Crippen LogP contribution in [0.3, 0.4) is 0 Å². The SMILES string of the molecule is CSC[C@H](C(=O)Nc1c(F)c(F)cc(F)c1F)N1C(=O)[C@@H]2CCCC[C@H]2C1=O. The lowest BCUT2D eigenvalue weighted by atomic mass is 9.81. The smallest absolute Gasteiger partial charge is 0.248 e. The molecule has 3 rings (SSSR count). The first kappa shape index (κ1) is 20.6. The Morgan fingerprint density at radius 1 is 1.11 bits per heavy atom. The lowest BCUT2D eigenvalue weighted by Gasteiger charge is -2.25. The van der Waals surface area contributed by atoms with Crippen LogP contribution in [0.2, 0.25) is 0 Å². The molecule has 28 heavy (non-hydrogen) atoms. The van der Waals surface area contributed by atoms with Gasteiger partial charge in [-0.1, -0.05) is 12.8 Å². The van der Waals surface area contributed by atoms with Crippen molar-refractivity contribution < 1.29 is 31.9 Å². The molecule has 3 atom stereocenters. The van der Waals surface area contributed by atoms with Gasteiger partial charge in [-0.05, 0) is 19.1 Å². The number of fused-ring (bicyclic) bond motifs is 1. The summed E-state index contributed by atoms with van der Waals surface area (Å²) in [6.07, 6.45) is 4.30. The van der Waals surface area contributed by atoms with Crippen LogP contribution in [0.25, 0.3) is 0 Å². The van der Waals surface area contributed by atoms with Gasteiger partial charge in [0.15, 0.2) is 23.3 Å². The first-order chi connectivity index (χ1) is 13.3. The number of benzene rings is 1. The number of thioether (sulfide) groups is 1. The second kappa shape index (κ2) is 8.10. The van der Waals surface area contributed by atoms with Crippen molar-refractivity contribution in [1.29, 1.82) is 0 Å². The van der Waals surface area contributed by atoms with Crippen LogP contribution < -0.4 is 5.32 Å². The molecule has 1 N–H and O–H groups in total. The fourth-order valence-corrected chi connectivity index (χ4v) is 4.43. The molecule has 0 bridgehead atoms. The number of nitrogens with one attached hydrogen (secondary N) is 1. The zero-order valence-electron chi connectivity index (χ0n) is 14.9. The van der Waals surface area contributed by atoms with Crippen molar-refractivity contribution in [3.8, 4) is 0 Å². The second-order valence-electron chi connectivity index (χ2n) is 6.85. The Hall–Kier alpha value is -2.10. The number of rotatable bonds is 5. The van der Waals surface area contributed by atoms with Gasteiger partial charge in [-0.2, -0.15) is 11.8 Å². The van der Waals surface area contributed by atoms with Crippen molar-refractivity contribution in [1.82, 2.24) is 4.90 Å². The third-order valence-corrected chi connectivity index (χ3v) is 5.82. The predicted octanol–water partition coefficient (Wildman–Crippen LogP) is 3.09. The van der Waals surface area contributed by atoms with E-state index in [2.05, 4.69) is 0 Å². The molecular formula is C18H18F4N2O3S. The summed E-state index contributed by atoms with van der Waals surface area (Å²) < 4.78 is 54.5. The largest absolute Gasteiger partial charge is 0.319 e. The highest BCUT2D eigenvalue weighted by atomic mass is 32.2. The van der Waals surface area contributed by atoms with Gasteiger partial charge in [-0.25, -0.2) is 17.6 Å². The second-order valence-corrected chi connectivity index (χ2v) is 7.76. The molecule has 1 saturated heterocycles. The van der Waals surface area contributed by atoms with Gasteiger partial charge in [0, 0.05) is 11.8 Å². The van der Waals surface area contributed by atoms with E-state index in [0.717, 1.165) is 29.5 Å². The molecule has 0 unspecified atom stereocenters. The maximum Gasteiger partial charge on any atom is 0.248 e. The molecule has 152 valence electrons. The number of likely N-dealkylation sites (tertiary alicyclic amines) is 1. The highest BCUT2D eigenvalue weighted by Crippen LogP contribution is 2.39. The number of imide groups is 1. The van der Waals surface area contributed by atoms with Crippen LogP contribution in [-0.2, 0) is 14.4 Å². The molecule has 5 nitrogen and oxygen atoms in total. The molecule has 1 aromatic rings. The fraction of sp³-hybridized carbons (Fsp3) is 0.500. The molecule has 10 heteroatoms. The van der Waals surface area contributed by atoms with E-state index in [-0.39, 0.29) is 11.8 Å². The van der Waals surface area contributed by atoms with Crippen LogP contribution in [0, 0.1) is 35.1 Å². The van der Waals surface area contributed by atoms with E-state index in [0.29, 0.717) is 12.8 Å². The van der Waals surface area contributed by atoms with Crippen molar-refractivity contribution in [3.05, 3.63) is 29.3 Å². The number of hydrogen-bond acceptors (Lipinski definition) is 4. The van der Waals surface area contributed by atoms with E-state index in [4.69, 9.17) is 0 Å². The van der Waals surface area contributed by atoms with E-state index in [1.807, 2.05) is 5.32 Å². The molecular weight excluding hydrogens is 400 g/mol. The van der Waals surface area contributed by atoms with Gasteiger partial charge in [0.1, 0.15) is 11.7 Å². The third kappa shape index (κ3) is 3.49. The van der Waals surface area contributed by atoms with E-state index in [9.17, 15) is 31.9 Å². The van der Waals surface area contributed by atoms with Crippen LogP contribution in [-0.4, -0.2) is 40.7 Å². The normalized spacial score (nSPS) is 23.0.